The van der Waals surface area contributed by atoms with Crippen LogP contribution in [0.25, 0.3) is 0 Å². The molecule has 1 fully saturated rings. The number of nitrogens with one attached hydrogen (secondary N) is 1. The maximum absolute atomic E-state index is 12.1. The van der Waals surface area contributed by atoms with Crippen molar-refractivity contribution in [2.45, 2.75) is 38.1 Å². The van der Waals surface area contributed by atoms with Gasteiger partial charge in [-0.3, -0.25) is 14.2 Å². The summed E-state index contributed by atoms with van der Waals surface area (Å²) >= 11 is 0. The second kappa shape index (κ2) is 5.42. The molecule has 1 aliphatic rings. The van der Waals surface area contributed by atoms with E-state index in [0.29, 0.717) is 0 Å². The highest BCUT2D eigenvalue weighted by molar-refractivity contribution is 5.93. The minimum Gasteiger partial charge on any atom is -0.349 e. The van der Waals surface area contributed by atoms with Gasteiger partial charge in [0.25, 0.3) is 11.5 Å². The maximum Gasteiger partial charge on any atom is 0.330 e. The monoisotopic (exact) mass is 265 g/mol. The lowest BCUT2D eigenvalue weighted by molar-refractivity contribution is 0.0924. The summed E-state index contributed by atoms with van der Waals surface area (Å²) in [5.41, 5.74) is -0.953. The Morgan fingerprint density at radius 3 is 2.47 bits per heavy atom. The molecule has 2 rings (SSSR count). The molecule has 0 bridgehead atoms. The Bertz CT molecular complexity index is 594. The van der Waals surface area contributed by atoms with Crippen molar-refractivity contribution in [2.75, 3.05) is 0 Å². The Morgan fingerprint density at radius 2 is 1.84 bits per heavy atom. The molecule has 0 saturated heterocycles. The zero-order chi connectivity index (χ0) is 14.0. The zero-order valence-electron chi connectivity index (χ0n) is 11.3. The molecule has 1 aromatic heterocycles. The molecular weight excluding hydrogens is 246 g/mol. The van der Waals surface area contributed by atoms with Crippen LogP contribution in [0.2, 0.25) is 0 Å². The van der Waals surface area contributed by atoms with Crippen molar-refractivity contribution in [3.05, 3.63) is 32.6 Å². The van der Waals surface area contributed by atoms with E-state index in [1.54, 1.807) is 0 Å². The van der Waals surface area contributed by atoms with E-state index in [9.17, 15) is 14.4 Å². The Labute approximate surface area is 111 Å². The number of nitrogens with zero attached hydrogens (tertiary/aromatic N) is 2. The molecule has 1 amide bonds. The second-order valence-corrected chi connectivity index (χ2v) is 5.11. The molecule has 0 aliphatic heterocycles. The van der Waals surface area contributed by atoms with E-state index in [0.717, 1.165) is 30.3 Å². The summed E-state index contributed by atoms with van der Waals surface area (Å²) < 4.78 is 2.20. The van der Waals surface area contributed by atoms with Gasteiger partial charge in [0.15, 0.2) is 0 Å². The highest BCUT2D eigenvalue weighted by Crippen LogP contribution is 2.17. The molecule has 1 heterocycles. The molecular formula is C13H19N3O3. The Morgan fingerprint density at radius 1 is 1.21 bits per heavy atom. The van der Waals surface area contributed by atoms with Gasteiger partial charge >= 0.3 is 5.69 Å². The minimum absolute atomic E-state index is 0.0233. The van der Waals surface area contributed by atoms with Gasteiger partial charge in [-0.15, -0.1) is 0 Å². The smallest absolute Gasteiger partial charge is 0.330 e. The van der Waals surface area contributed by atoms with Crippen LogP contribution in [0.4, 0.5) is 0 Å². The quantitative estimate of drug-likeness (QED) is 0.827. The summed E-state index contributed by atoms with van der Waals surface area (Å²) in [6.07, 6.45) is 6.64. The summed E-state index contributed by atoms with van der Waals surface area (Å²) in [4.78, 5) is 35.6. The van der Waals surface area contributed by atoms with Gasteiger partial charge in [0, 0.05) is 26.3 Å². The first-order valence-electron chi connectivity index (χ1n) is 6.58. The van der Waals surface area contributed by atoms with Crippen LogP contribution in [-0.2, 0) is 14.1 Å². The van der Waals surface area contributed by atoms with Gasteiger partial charge in [-0.2, -0.15) is 0 Å². The molecule has 0 radical (unpaired) electrons. The summed E-state index contributed by atoms with van der Waals surface area (Å²) in [5.74, 6) is -0.386. The third-order valence-electron chi connectivity index (χ3n) is 3.63. The number of aromatic nitrogens is 2. The first-order chi connectivity index (χ1) is 9.00. The van der Waals surface area contributed by atoms with Gasteiger partial charge < -0.3 is 9.88 Å². The van der Waals surface area contributed by atoms with E-state index in [4.69, 9.17) is 0 Å². The molecule has 1 saturated carbocycles. The fraction of sp³-hybridized carbons (Fsp3) is 0.615. The molecule has 19 heavy (non-hydrogen) atoms. The van der Waals surface area contributed by atoms with Gasteiger partial charge in [-0.05, 0) is 12.8 Å². The Hall–Kier alpha value is -1.85. The average molecular weight is 265 g/mol. The molecule has 104 valence electrons. The van der Waals surface area contributed by atoms with Gasteiger partial charge in [-0.25, -0.2) is 4.79 Å². The predicted molar refractivity (Wildman–Crippen MR) is 71.3 cm³/mol. The van der Waals surface area contributed by atoms with E-state index in [-0.39, 0.29) is 17.5 Å². The van der Waals surface area contributed by atoms with Gasteiger partial charge in [-0.1, -0.05) is 19.3 Å². The SMILES string of the molecule is Cn1cc(C(=O)NC2CCCCC2)c(=O)n(C)c1=O. The lowest BCUT2D eigenvalue weighted by Gasteiger charge is -2.22. The van der Waals surface area contributed by atoms with Crippen LogP contribution in [0.3, 0.4) is 0 Å². The van der Waals surface area contributed by atoms with E-state index in [1.165, 1.54) is 31.3 Å². The standard InChI is InChI=1S/C13H19N3O3/c1-15-8-10(12(18)16(2)13(15)19)11(17)14-9-6-4-3-5-7-9/h8-9H,3-7H2,1-2H3,(H,14,17). The third kappa shape index (κ3) is 2.77. The fourth-order valence-corrected chi connectivity index (χ4v) is 2.47. The van der Waals surface area contributed by atoms with Crippen LogP contribution in [0.1, 0.15) is 42.5 Å². The van der Waals surface area contributed by atoms with Crippen molar-refractivity contribution < 1.29 is 4.79 Å². The molecule has 6 nitrogen and oxygen atoms in total. The van der Waals surface area contributed by atoms with Crippen molar-refractivity contribution in [1.29, 1.82) is 0 Å². The molecule has 0 aromatic carbocycles. The molecule has 0 spiro atoms. The number of hydrogen-bond donors (Lipinski definition) is 1. The van der Waals surface area contributed by atoms with Gasteiger partial charge in [0.1, 0.15) is 5.56 Å². The molecule has 1 aliphatic carbocycles. The van der Waals surface area contributed by atoms with Crippen LogP contribution in [0, 0.1) is 0 Å². The van der Waals surface area contributed by atoms with Crippen molar-refractivity contribution in [2.24, 2.45) is 14.1 Å². The Kier molecular flexibility index (Phi) is 3.87. The maximum atomic E-state index is 12.1. The number of amides is 1. The summed E-state index contributed by atoms with van der Waals surface area (Å²) in [6.45, 7) is 0. The van der Waals surface area contributed by atoms with Crippen molar-refractivity contribution in [1.82, 2.24) is 14.5 Å². The van der Waals surface area contributed by atoms with Crippen LogP contribution in [-0.4, -0.2) is 21.1 Å². The number of rotatable bonds is 2. The van der Waals surface area contributed by atoms with Crippen LogP contribution in [0.15, 0.2) is 15.8 Å². The lowest BCUT2D eigenvalue weighted by atomic mass is 9.95. The van der Waals surface area contributed by atoms with E-state index in [2.05, 4.69) is 5.32 Å². The van der Waals surface area contributed by atoms with Crippen LogP contribution < -0.4 is 16.6 Å². The van der Waals surface area contributed by atoms with Crippen molar-refractivity contribution >= 4 is 5.91 Å². The predicted octanol–water partition coefficient (Wildman–Crippen LogP) is 0.147. The fourth-order valence-electron chi connectivity index (χ4n) is 2.47. The second-order valence-electron chi connectivity index (χ2n) is 5.11. The highest BCUT2D eigenvalue weighted by Gasteiger charge is 2.19. The van der Waals surface area contributed by atoms with E-state index >= 15 is 0 Å². The van der Waals surface area contributed by atoms with Crippen LogP contribution in [0.5, 0.6) is 0 Å². The lowest BCUT2D eigenvalue weighted by Crippen LogP contribution is -2.44. The molecule has 1 N–H and O–H groups in total. The van der Waals surface area contributed by atoms with Gasteiger partial charge in [0.2, 0.25) is 0 Å². The summed E-state index contributed by atoms with van der Waals surface area (Å²) in [7, 11) is 2.90. The molecule has 6 heteroatoms. The topological polar surface area (TPSA) is 73.1 Å². The van der Waals surface area contributed by atoms with E-state index < -0.39 is 11.2 Å². The number of aryl methyl sites for hydroxylation is 1. The summed E-state index contributed by atoms with van der Waals surface area (Å²) in [6, 6.07) is 0.142. The minimum atomic E-state index is -0.545. The summed E-state index contributed by atoms with van der Waals surface area (Å²) in [5, 5.41) is 2.88. The van der Waals surface area contributed by atoms with E-state index in [1.807, 2.05) is 0 Å². The molecule has 1 aromatic rings. The third-order valence-corrected chi connectivity index (χ3v) is 3.63. The molecule has 0 atom stereocenters. The van der Waals surface area contributed by atoms with Crippen LogP contribution >= 0.6 is 0 Å². The number of hydrogen-bond acceptors (Lipinski definition) is 3. The first-order valence-corrected chi connectivity index (χ1v) is 6.58. The molecule has 0 unspecified atom stereocenters. The largest absolute Gasteiger partial charge is 0.349 e. The Balaban J connectivity index is 2.24. The number of carbonyl (C=O) groups is 1. The average Bonchev–Trinajstić information content (AvgIpc) is 2.41. The highest BCUT2D eigenvalue weighted by atomic mass is 16.2. The van der Waals surface area contributed by atoms with Crippen molar-refractivity contribution in [3.8, 4) is 0 Å². The number of carbonyl (C=O) groups excluding carboxylic acids is 1. The van der Waals surface area contributed by atoms with Crippen molar-refractivity contribution in [3.63, 3.8) is 0 Å². The first kappa shape index (κ1) is 13.6. The van der Waals surface area contributed by atoms with Gasteiger partial charge in [0.05, 0.1) is 0 Å². The zero-order valence-corrected chi connectivity index (χ0v) is 11.3. The normalized spacial score (nSPS) is 16.3.